The van der Waals surface area contributed by atoms with E-state index in [0.29, 0.717) is 17.5 Å². The predicted octanol–water partition coefficient (Wildman–Crippen LogP) is 3.62. The summed E-state index contributed by atoms with van der Waals surface area (Å²) in [7, 11) is 0. The molecule has 3 rings (SSSR count). The van der Waals surface area contributed by atoms with E-state index in [0.717, 1.165) is 32.5 Å². The van der Waals surface area contributed by atoms with Crippen LogP contribution in [0.4, 0.5) is 0 Å². The van der Waals surface area contributed by atoms with Crippen molar-refractivity contribution in [3.63, 3.8) is 0 Å². The average Bonchev–Trinajstić information content (AvgIpc) is 3.17. The van der Waals surface area contributed by atoms with Crippen molar-refractivity contribution in [2.75, 3.05) is 13.1 Å². The van der Waals surface area contributed by atoms with Crippen LogP contribution in [0.2, 0.25) is 0 Å². The van der Waals surface area contributed by atoms with Gasteiger partial charge in [-0.05, 0) is 42.2 Å². The lowest BCUT2D eigenvalue weighted by molar-refractivity contribution is 0.0706. The van der Waals surface area contributed by atoms with Crippen molar-refractivity contribution in [2.24, 2.45) is 5.92 Å². The zero-order chi connectivity index (χ0) is 15.5. The molecule has 1 aliphatic rings. The Morgan fingerprint density at radius 2 is 2.14 bits per heavy atom. The highest BCUT2D eigenvalue weighted by Gasteiger charge is 2.26. The van der Waals surface area contributed by atoms with Crippen LogP contribution in [0.3, 0.4) is 0 Å². The van der Waals surface area contributed by atoms with Crippen molar-refractivity contribution >= 4 is 17.2 Å². The van der Waals surface area contributed by atoms with Gasteiger partial charge in [-0.3, -0.25) is 9.48 Å². The Kier molecular flexibility index (Phi) is 4.62. The molecule has 0 radical (unpaired) electrons. The van der Waals surface area contributed by atoms with Crippen molar-refractivity contribution in [1.82, 2.24) is 14.7 Å². The van der Waals surface area contributed by atoms with E-state index < -0.39 is 0 Å². The quantitative estimate of drug-likeness (QED) is 0.864. The molecule has 1 saturated heterocycles. The van der Waals surface area contributed by atoms with Crippen molar-refractivity contribution in [2.45, 2.75) is 39.2 Å². The molecule has 0 N–H and O–H groups in total. The third-order valence-electron chi connectivity index (χ3n) is 4.14. The van der Waals surface area contributed by atoms with Gasteiger partial charge in [-0.25, -0.2) is 0 Å². The highest BCUT2D eigenvalue weighted by atomic mass is 32.1. The molecule has 1 amide bonds. The Bertz CT molecular complexity index is 610. The minimum atomic E-state index is 0.0761. The number of hydrogen-bond acceptors (Lipinski definition) is 3. The molecule has 5 heteroatoms. The van der Waals surface area contributed by atoms with E-state index >= 15 is 0 Å². The third-order valence-corrected chi connectivity index (χ3v) is 5.17. The molecule has 1 fully saturated rings. The largest absolute Gasteiger partial charge is 0.337 e. The van der Waals surface area contributed by atoms with Crippen molar-refractivity contribution in [1.29, 1.82) is 0 Å². The Labute approximate surface area is 135 Å². The molecule has 0 saturated carbocycles. The number of amides is 1. The second-order valence-corrected chi connectivity index (χ2v) is 7.38. The third kappa shape index (κ3) is 3.40. The summed E-state index contributed by atoms with van der Waals surface area (Å²) < 4.78 is 1.87. The summed E-state index contributed by atoms with van der Waals surface area (Å²) in [6.07, 6.45) is 4.02. The van der Waals surface area contributed by atoms with Gasteiger partial charge in [0.15, 0.2) is 0 Å². The monoisotopic (exact) mass is 317 g/mol. The molecule has 3 heterocycles. The number of carbonyl (C=O) groups excluding carboxylic acids is 1. The first kappa shape index (κ1) is 15.3. The summed E-state index contributed by atoms with van der Waals surface area (Å²) in [5.74, 6) is 1.22. The van der Waals surface area contributed by atoms with E-state index in [1.165, 1.54) is 4.88 Å². The highest BCUT2D eigenvalue weighted by molar-refractivity contribution is 7.10. The molecule has 0 bridgehead atoms. The molecule has 0 atom stereocenters. The van der Waals surface area contributed by atoms with Crippen LogP contribution in [0.25, 0.3) is 0 Å². The number of likely N-dealkylation sites (tertiary alicyclic amines) is 1. The standard InChI is InChI=1S/C17H23N3OS/c1-13(2)12-20-10-7-15(18-20)17(21)19-8-5-14(6-9-19)16-4-3-11-22-16/h3-4,7,10-11,13-14H,5-6,8-9,12H2,1-2H3. The molecule has 1 aliphatic heterocycles. The molecular formula is C17H23N3OS. The number of rotatable bonds is 4. The van der Waals surface area contributed by atoms with Gasteiger partial charge in [-0.2, -0.15) is 5.10 Å². The zero-order valence-electron chi connectivity index (χ0n) is 13.2. The molecular weight excluding hydrogens is 294 g/mol. The molecule has 0 aliphatic carbocycles. The van der Waals surface area contributed by atoms with Crippen LogP contribution in [-0.4, -0.2) is 33.7 Å². The van der Waals surface area contributed by atoms with Crippen molar-refractivity contribution < 1.29 is 4.79 Å². The van der Waals surface area contributed by atoms with Crippen LogP contribution >= 0.6 is 11.3 Å². The van der Waals surface area contributed by atoms with Gasteiger partial charge in [-0.1, -0.05) is 19.9 Å². The van der Waals surface area contributed by atoms with E-state index in [9.17, 15) is 4.79 Å². The molecule has 22 heavy (non-hydrogen) atoms. The van der Waals surface area contributed by atoms with Crippen LogP contribution in [0, 0.1) is 5.92 Å². The maximum Gasteiger partial charge on any atom is 0.274 e. The SMILES string of the molecule is CC(C)Cn1ccc(C(=O)N2CCC(c3cccs3)CC2)n1. The van der Waals surface area contributed by atoms with Gasteiger partial charge in [0.2, 0.25) is 0 Å². The summed E-state index contributed by atoms with van der Waals surface area (Å²) in [4.78, 5) is 15.9. The normalized spacial score (nSPS) is 16.4. The van der Waals surface area contributed by atoms with Crippen molar-refractivity contribution in [3.05, 3.63) is 40.3 Å². The minimum absolute atomic E-state index is 0.0761. The van der Waals surface area contributed by atoms with Gasteiger partial charge in [0, 0.05) is 30.7 Å². The molecule has 0 spiro atoms. The van der Waals surface area contributed by atoms with E-state index in [-0.39, 0.29) is 5.91 Å². The number of piperidine rings is 1. The smallest absolute Gasteiger partial charge is 0.274 e. The second kappa shape index (κ2) is 6.65. The van der Waals surface area contributed by atoms with E-state index in [4.69, 9.17) is 0 Å². The fraction of sp³-hybridized carbons (Fsp3) is 0.529. The molecule has 0 unspecified atom stereocenters. The fourth-order valence-corrected chi connectivity index (χ4v) is 3.90. The molecule has 118 valence electrons. The number of aromatic nitrogens is 2. The van der Waals surface area contributed by atoms with Gasteiger partial charge < -0.3 is 4.90 Å². The lowest BCUT2D eigenvalue weighted by Crippen LogP contribution is -2.38. The topological polar surface area (TPSA) is 38.1 Å². The Morgan fingerprint density at radius 1 is 1.36 bits per heavy atom. The minimum Gasteiger partial charge on any atom is -0.337 e. The summed E-state index contributed by atoms with van der Waals surface area (Å²) >= 11 is 1.83. The zero-order valence-corrected chi connectivity index (χ0v) is 14.1. The molecule has 2 aromatic rings. The molecule has 2 aromatic heterocycles. The van der Waals surface area contributed by atoms with E-state index in [2.05, 4.69) is 36.5 Å². The number of hydrogen-bond donors (Lipinski definition) is 0. The second-order valence-electron chi connectivity index (χ2n) is 6.40. The van der Waals surface area contributed by atoms with Crippen molar-refractivity contribution in [3.8, 4) is 0 Å². The Morgan fingerprint density at radius 3 is 2.77 bits per heavy atom. The number of carbonyl (C=O) groups is 1. The fourth-order valence-electron chi connectivity index (χ4n) is 3.00. The van der Waals surface area contributed by atoms with Gasteiger partial charge in [0.05, 0.1) is 0 Å². The van der Waals surface area contributed by atoms with Crippen LogP contribution < -0.4 is 0 Å². The van der Waals surface area contributed by atoms with Crippen LogP contribution in [-0.2, 0) is 6.54 Å². The first-order valence-corrected chi connectivity index (χ1v) is 8.87. The Hall–Kier alpha value is -1.62. The summed E-state index contributed by atoms with van der Waals surface area (Å²) in [6, 6.07) is 6.16. The predicted molar refractivity (Wildman–Crippen MR) is 89.3 cm³/mol. The maximum absolute atomic E-state index is 12.5. The first-order valence-electron chi connectivity index (χ1n) is 7.99. The van der Waals surface area contributed by atoms with Crippen LogP contribution in [0.1, 0.15) is 48.0 Å². The van der Waals surface area contributed by atoms with Crippen LogP contribution in [0.5, 0.6) is 0 Å². The lowest BCUT2D eigenvalue weighted by Gasteiger charge is -2.31. The van der Waals surface area contributed by atoms with Gasteiger partial charge in [0.25, 0.3) is 5.91 Å². The number of thiophene rings is 1. The van der Waals surface area contributed by atoms with E-state index in [1.54, 1.807) is 0 Å². The summed E-state index contributed by atoms with van der Waals surface area (Å²) in [5, 5.41) is 6.56. The molecule has 4 nitrogen and oxygen atoms in total. The van der Waals surface area contributed by atoms with Gasteiger partial charge in [-0.15, -0.1) is 11.3 Å². The average molecular weight is 317 g/mol. The van der Waals surface area contributed by atoms with E-state index in [1.807, 2.05) is 33.2 Å². The first-order chi connectivity index (χ1) is 10.6. The number of nitrogens with zero attached hydrogens (tertiary/aromatic N) is 3. The van der Waals surface area contributed by atoms with Gasteiger partial charge in [0.1, 0.15) is 5.69 Å². The summed E-state index contributed by atoms with van der Waals surface area (Å²) in [6.45, 7) is 6.82. The highest BCUT2D eigenvalue weighted by Crippen LogP contribution is 2.31. The lowest BCUT2D eigenvalue weighted by atomic mass is 9.95. The van der Waals surface area contributed by atoms with Crippen LogP contribution in [0.15, 0.2) is 29.8 Å². The maximum atomic E-state index is 12.5. The van der Waals surface area contributed by atoms with Gasteiger partial charge >= 0.3 is 0 Å². The molecule has 0 aromatic carbocycles. The Balaban J connectivity index is 1.58. The summed E-state index contributed by atoms with van der Waals surface area (Å²) in [5.41, 5.74) is 0.579.